The van der Waals surface area contributed by atoms with E-state index in [2.05, 4.69) is 24.3 Å². The van der Waals surface area contributed by atoms with Crippen molar-refractivity contribution < 1.29 is 4.39 Å². The number of benzene rings is 1. The Bertz CT molecular complexity index is 561. The summed E-state index contributed by atoms with van der Waals surface area (Å²) < 4.78 is 15.1. The van der Waals surface area contributed by atoms with Crippen molar-refractivity contribution in [3.8, 4) is 0 Å². The van der Waals surface area contributed by atoms with Gasteiger partial charge >= 0.3 is 0 Å². The quantitative estimate of drug-likeness (QED) is 0.878. The van der Waals surface area contributed by atoms with Crippen molar-refractivity contribution in [2.45, 2.75) is 33.9 Å². The van der Waals surface area contributed by atoms with Crippen molar-refractivity contribution >= 4 is 0 Å². The lowest BCUT2D eigenvalue weighted by Gasteiger charge is -2.07. The van der Waals surface area contributed by atoms with Crippen molar-refractivity contribution in [2.24, 2.45) is 5.92 Å². The van der Waals surface area contributed by atoms with Crippen LogP contribution in [0.4, 0.5) is 4.39 Å². The summed E-state index contributed by atoms with van der Waals surface area (Å²) in [5.74, 6) is 0.434. The summed E-state index contributed by atoms with van der Waals surface area (Å²) >= 11 is 0. The third kappa shape index (κ3) is 4.17. The highest BCUT2D eigenvalue weighted by Gasteiger charge is 2.04. The highest BCUT2D eigenvalue weighted by atomic mass is 19.1. The van der Waals surface area contributed by atoms with E-state index in [0.29, 0.717) is 12.5 Å². The molecule has 0 radical (unpaired) electrons. The highest BCUT2D eigenvalue weighted by molar-refractivity contribution is 5.26. The number of halogens is 1. The molecule has 0 saturated carbocycles. The third-order valence-electron chi connectivity index (χ3n) is 3.20. The Kier molecular flexibility index (Phi) is 4.90. The van der Waals surface area contributed by atoms with Gasteiger partial charge in [-0.15, -0.1) is 0 Å². The van der Waals surface area contributed by atoms with Crippen LogP contribution in [-0.2, 0) is 13.1 Å². The van der Waals surface area contributed by atoms with Gasteiger partial charge in [0.05, 0.1) is 12.2 Å². The number of aryl methyl sites for hydroxylation is 1. The zero-order valence-electron chi connectivity index (χ0n) is 12.4. The Morgan fingerprint density at radius 1 is 1.30 bits per heavy atom. The zero-order chi connectivity index (χ0) is 14.5. The molecule has 1 heterocycles. The maximum Gasteiger partial charge on any atom is 0.123 e. The second-order valence-electron chi connectivity index (χ2n) is 5.60. The number of nitrogens with zero attached hydrogens (tertiary/aromatic N) is 2. The molecule has 0 aliphatic heterocycles. The Labute approximate surface area is 119 Å². The topological polar surface area (TPSA) is 29.9 Å². The molecule has 0 aliphatic carbocycles. The van der Waals surface area contributed by atoms with Crippen LogP contribution in [0.25, 0.3) is 0 Å². The SMILES string of the molecule is Cc1ccc(F)cc1Cn1ccc(CNCC(C)C)n1. The van der Waals surface area contributed by atoms with Crippen molar-refractivity contribution in [2.75, 3.05) is 6.54 Å². The molecule has 4 heteroatoms. The van der Waals surface area contributed by atoms with Crippen LogP contribution in [0.1, 0.15) is 30.7 Å². The molecule has 0 unspecified atom stereocenters. The van der Waals surface area contributed by atoms with E-state index in [-0.39, 0.29) is 5.82 Å². The van der Waals surface area contributed by atoms with Gasteiger partial charge in [-0.25, -0.2) is 4.39 Å². The second-order valence-corrected chi connectivity index (χ2v) is 5.60. The average Bonchev–Trinajstić information content (AvgIpc) is 2.81. The van der Waals surface area contributed by atoms with Gasteiger partial charge in [0.15, 0.2) is 0 Å². The van der Waals surface area contributed by atoms with Gasteiger partial charge in [0.25, 0.3) is 0 Å². The van der Waals surface area contributed by atoms with E-state index >= 15 is 0 Å². The summed E-state index contributed by atoms with van der Waals surface area (Å²) in [4.78, 5) is 0. The average molecular weight is 275 g/mol. The fraction of sp³-hybridized carbons (Fsp3) is 0.438. The number of aromatic nitrogens is 2. The first-order chi connectivity index (χ1) is 9.54. The van der Waals surface area contributed by atoms with E-state index in [0.717, 1.165) is 29.9 Å². The fourth-order valence-corrected chi connectivity index (χ4v) is 2.06. The van der Waals surface area contributed by atoms with Crippen LogP contribution in [0.3, 0.4) is 0 Å². The van der Waals surface area contributed by atoms with Gasteiger partial charge in [-0.05, 0) is 48.7 Å². The molecule has 1 N–H and O–H groups in total. The molecule has 2 aromatic rings. The molecule has 2 rings (SSSR count). The number of hydrogen-bond acceptors (Lipinski definition) is 2. The fourth-order valence-electron chi connectivity index (χ4n) is 2.06. The molecule has 20 heavy (non-hydrogen) atoms. The van der Waals surface area contributed by atoms with Crippen molar-refractivity contribution in [3.05, 3.63) is 53.1 Å². The Morgan fingerprint density at radius 3 is 2.85 bits per heavy atom. The summed E-state index contributed by atoms with van der Waals surface area (Å²) in [5.41, 5.74) is 3.07. The molecule has 1 aromatic heterocycles. The van der Waals surface area contributed by atoms with Crippen molar-refractivity contribution in [1.82, 2.24) is 15.1 Å². The summed E-state index contributed by atoms with van der Waals surface area (Å²) in [5, 5.41) is 7.87. The Hall–Kier alpha value is -1.68. The van der Waals surface area contributed by atoms with E-state index in [1.165, 1.54) is 6.07 Å². The number of nitrogens with one attached hydrogen (secondary N) is 1. The molecular formula is C16H22FN3. The Morgan fingerprint density at radius 2 is 2.10 bits per heavy atom. The summed E-state index contributed by atoms with van der Waals surface area (Å²) in [6.07, 6.45) is 1.94. The van der Waals surface area contributed by atoms with Gasteiger partial charge in [0.2, 0.25) is 0 Å². The van der Waals surface area contributed by atoms with E-state index in [1.54, 1.807) is 12.1 Å². The van der Waals surface area contributed by atoms with Gasteiger partial charge in [-0.3, -0.25) is 4.68 Å². The normalized spacial score (nSPS) is 11.2. The van der Waals surface area contributed by atoms with Crippen LogP contribution in [-0.4, -0.2) is 16.3 Å². The molecular weight excluding hydrogens is 253 g/mol. The minimum absolute atomic E-state index is 0.198. The van der Waals surface area contributed by atoms with Gasteiger partial charge < -0.3 is 5.32 Å². The van der Waals surface area contributed by atoms with E-state index in [4.69, 9.17) is 0 Å². The maximum absolute atomic E-state index is 13.3. The van der Waals surface area contributed by atoms with Crippen molar-refractivity contribution in [3.63, 3.8) is 0 Å². The van der Waals surface area contributed by atoms with Crippen LogP contribution in [0.2, 0.25) is 0 Å². The molecule has 108 valence electrons. The summed E-state index contributed by atoms with van der Waals surface area (Å²) in [6, 6.07) is 6.87. The first-order valence-corrected chi connectivity index (χ1v) is 7.02. The van der Waals surface area contributed by atoms with Crippen LogP contribution >= 0.6 is 0 Å². The highest BCUT2D eigenvalue weighted by Crippen LogP contribution is 2.12. The van der Waals surface area contributed by atoms with E-state index < -0.39 is 0 Å². The standard InChI is InChI=1S/C16H22FN3/c1-12(2)9-18-10-16-6-7-20(19-16)11-14-8-15(17)5-4-13(14)3/h4-8,12,18H,9-11H2,1-3H3. The van der Waals surface area contributed by atoms with Gasteiger partial charge in [0, 0.05) is 12.7 Å². The van der Waals surface area contributed by atoms with Crippen LogP contribution in [0.5, 0.6) is 0 Å². The minimum atomic E-state index is -0.198. The van der Waals surface area contributed by atoms with Crippen LogP contribution in [0.15, 0.2) is 30.5 Å². The molecule has 0 saturated heterocycles. The predicted molar refractivity (Wildman–Crippen MR) is 79.0 cm³/mol. The Balaban J connectivity index is 1.97. The summed E-state index contributed by atoms with van der Waals surface area (Å²) in [7, 11) is 0. The second kappa shape index (κ2) is 6.66. The lowest BCUT2D eigenvalue weighted by Crippen LogP contribution is -2.19. The molecule has 0 bridgehead atoms. The lowest BCUT2D eigenvalue weighted by atomic mass is 10.1. The molecule has 0 fully saturated rings. The molecule has 0 spiro atoms. The monoisotopic (exact) mass is 275 g/mol. The third-order valence-corrected chi connectivity index (χ3v) is 3.20. The molecule has 3 nitrogen and oxygen atoms in total. The molecule has 1 aromatic carbocycles. The van der Waals surface area contributed by atoms with E-state index in [9.17, 15) is 4.39 Å². The number of hydrogen-bond donors (Lipinski definition) is 1. The molecule has 0 aliphatic rings. The van der Waals surface area contributed by atoms with Gasteiger partial charge in [0.1, 0.15) is 5.82 Å². The zero-order valence-corrected chi connectivity index (χ0v) is 12.4. The smallest absolute Gasteiger partial charge is 0.123 e. The van der Waals surface area contributed by atoms with Crippen LogP contribution < -0.4 is 5.32 Å². The predicted octanol–water partition coefficient (Wildman–Crippen LogP) is 3.12. The lowest BCUT2D eigenvalue weighted by molar-refractivity contribution is 0.542. The molecule has 0 atom stereocenters. The summed E-state index contributed by atoms with van der Waals surface area (Å²) in [6.45, 7) is 8.71. The largest absolute Gasteiger partial charge is 0.311 e. The van der Waals surface area contributed by atoms with Gasteiger partial charge in [-0.2, -0.15) is 5.10 Å². The van der Waals surface area contributed by atoms with Gasteiger partial charge in [-0.1, -0.05) is 19.9 Å². The maximum atomic E-state index is 13.3. The number of rotatable bonds is 6. The first kappa shape index (κ1) is 14.7. The molecule has 0 amide bonds. The first-order valence-electron chi connectivity index (χ1n) is 7.02. The van der Waals surface area contributed by atoms with E-state index in [1.807, 2.05) is 23.9 Å². The van der Waals surface area contributed by atoms with Crippen molar-refractivity contribution in [1.29, 1.82) is 0 Å². The van der Waals surface area contributed by atoms with Crippen LogP contribution in [0, 0.1) is 18.7 Å². The minimum Gasteiger partial charge on any atom is -0.311 e.